The number of allylic oxidation sites excluding steroid dienone is 2. The molecule has 0 N–H and O–H groups in total. The minimum absolute atomic E-state index is 0. The fourth-order valence-corrected chi connectivity index (χ4v) is 1.03. The monoisotopic (exact) mass is 310 g/mol. The molecule has 0 heterocycles. The van der Waals surface area contributed by atoms with E-state index in [1.54, 1.807) is 6.08 Å². The molecule has 0 aliphatic carbocycles. The van der Waals surface area contributed by atoms with Crippen molar-refractivity contribution in [2.24, 2.45) is 0 Å². The summed E-state index contributed by atoms with van der Waals surface area (Å²) in [6, 6.07) is 0. The van der Waals surface area contributed by atoms with Crippen LogP contribution in [-0.2, 0) is 35.8 Å². The van der Waals surface area contributed by atoms with Crippen molar-refractivity contribution in [3.63, 3.8) is 0 Å². The average Bonchev–Trinajstić information content (AvgIpc) is 2.36. The van der Waals surface area contributed by atoms with Gasteiger partial charge in [-0.2, -0.15) is 0 Å². The van der Waals surface area contributed by atoms with Crippen molar-refractivity contribution in [3.05, 3.63) is 43.8 Å². The van der Waals surface area contributed by atoms with E-state index in [1.165, 1.54) is 11.8 Å². The number of hydrogen-bond donors (Lipinski definition) is 0. The van der Waals surface area contributed by atoms with Gasteiger partial charge in [0.1, 0.15) is 0 Å². The van der Waals surface area contributed by atoms with Crippen LogP contribution in [0.4, 0.5) is 0 Å². The standard InChI is InChI=1S/C9H14OS.3CO.Fe/c1-5-11-9(10)6-8(4)7(2)3;3*1-2;/h6H,2,5H2,1,3-4H3;;;;/b8-6-;;;;. The Balaban J connectivity index is -0.0000000700. The van der Waals surface area contributed by atoms with Crippen molar-refractivity contribution in [1.82, 2.24) is 0 Å². The molecule has 0 amide bonds. The smallest absolute Gasteiger partial charge is 0 e. The van der Waals surface area contributed by atoms with Gasteiger partial charge in [0.05, 0.1) is 0 Å². The van der Waals surface area contributed by atoms with Gasteiger partial charge in [0.2, 0.25) is 5.12 Å². The summed E-state index contributed by atoms with van der Waals surface area (Å²) in [5.74, 6) is 0.832. The van der Waals surface area contributed by atoms with Crippen LogP contribution in [0, 0.1) is 20.0 Å². The summed E-state index contributed by atoms with van der Waals surface area (Å²) in [5, 5.41) is 0.119. The third-order valence-corrected chi connectivity index (χ3v) is 1.99. The first-order valence-corrected chi connectivity index (χ1v) is 5.18. The zero-order valence-corrected chi connectivity index (χ0v) is 12.3. The Hall–Kier alpha value is -0.761. The van der Waals surface area contributed by atoms with Crippen molar-refractivity contribution in [3.8, 4) is 0 Å². The molecule has 0 aromatic carbocycles. The van der Waals surface area contributed by atoms with E-state index in [0.29, 0.717) is 0 Å². The first-order valence-electron chi connectivity index (χ1n) is 4.20. The Morgan fingerprint density at radius 1 is 1.17 bits per heavy atom. The topological polar surface area (TPSA) is 76.8 Å². The van der Waals surface area contributed by atoms with Crippen LogP contribution in [0.1, 0.15) is 20.8 Å². The maximum absolute atomic E-state index is 11.0. The average molecular weight is 310 g/mol. The minimum Gasteiger partial charge on any atom is 0 e. The number of hydrogen-bond acceptors (Lipinski definition) is 2. The molecule has 0 saturated carbocycles. The van der Waals surface area contributed by atoms with Crippen molar-refractivity contribution < 1.29 is 35.8 Å². The predicted molar refractivity (Wildman–Crippen MR) is 63.5 cm³/mol. The summed E-state index contributed by atoms with van der Waals surface area (Å²) in [7, 11) is 0. The molecule has 0 aliphatic heterocycles. The number of carbonyl (C=O) groups is 1. The maximum Gasteiger partial charge on any atom is 0 e. The summed E-state index contributed by atoms with van der Waals surface area (Å²) in [4.78, 5) is 11.0. The van der Waals surface area contributed by atoms with Crippen LogP contribution in [0.25, 0.3) is 0 Å². The molecule has 0 fully saturated rings. The molecule has 0 saturated heterocycles. The Labute approximate surface area is 123 Å². The van der Waals surface area contributed by atoms with Crippen molar-refractivity contribution in [1.29, 1.82) is 0 Å². The predicted octanol–water partition coefficient (Wildman–Crippen LogP) is 2.67. The minimum atomic E-state index is 0. The van der Waals surface area contributed by atoms with E-state index < -0.39 is 0 Å². The molecule has 4 nitrogen and oxygen atoms in total. The first-order chi connectivity index (χ1) is 8.07. The van der Waals surface area contributed by atoms with Gasteiger partial charge in [-0.25, -0.2) is 0 Å². The van der Waals surface area contributed by atoms with Crippen LogP contribution in [0.3, 0.4) is 0 Å². The molecule has 0 aromatic rings. The van der Waals surface area contributed by atoms with Gasteiger partial charge in [0.25, 0.3) is 0 Å². The molecule has 18 heavy (non-hydrogen) atoms. The molecule has 100 valence electrons. The fraction of sp³-hybridized carbons (Fsp3) is 0.333. The molecule has 0 unspecified atom stereocenters. The molecule has 0 bridgehead atoms. The van der Waals surface area contributed by atoms with Crippen molar-refractivity contribution in [2.75, 3.05) is 5.75 Å². The zero-order valence-electron chi connectivity index (χ0n) is 10.4. The Morgan fingerprint density at radius 3 is 1.72 bits per heavy atom. The van der Waals surface area contributed by atoms with Gasteiger partial charge >= 0.3 is 33.9 Å². The van der Waals surface area contributed by atoms with E-state index >= 15 is 0 Å². The molecule has 0 atom stereocenters. The molecule has 6 heteroatoms. The van der Waals surface area contributed by atoms with Gasteiger partial charge in [-0.05, 0) is 31.2 Å². The summed E-state index contributed by atoms with van der Waals surface area (Å²) < 4.78 is 22.5. The van der Waals surface area contributed by atoms with E-state index in [-0.39, 0.29) is 22.2 Å². The van der Waals surface area contributed by atoms with Gasteiger partial charge in [-0.15, -0.1) is 0 Å². The van der Waals surface area contributed by atoms with Gasteiger partial charge in [-0.1, -0.05) is 30.8 Å². The fourth-order valence-electron chi connectivity index (χ4n) is 0.484. The summed E-state index contributed by atoms with van der Waals surface area (Å²) in [6.45, 7) is 23.0. The van der Waals surface area contributed by atoms with Crippen molar-refractivity contribution in [2.45, 2.75) is 20.8 Å². The van der Waals surface area contributed by atoms with Gasteiger partial charge < -0.3 is 0 Å². The molecular formula is C12H14FeO4S. The third-order valence-electron chi connectivity index (χ3n) is 1.29. The molecule has 0 aliphatic rings. The van der Waals surface area contributed by atoms with Crippen LogP contribution < -0.4 is 0 Å². The number of carbonyl (C=O) groups excluding carboxylic acids is 1. The van der Waals surface area contributed by atoms with E-state index in [4.69, 9.17) is 14.0 Å². The van der Waals surface area contributed by atoms with E-state index in [0.717, 1.165) is 16.9 Å². The summed E-state index contributed by atoms with van der Waals surface area (Å²) in [6.07, 6.45) is 1.64. The van der Waals surface area contributed by atoms with E-state index in [1.807, 2.05) is 20.8 Å². The van der Waals surface area contributed by atoms with Gasteiger partial charge in [0.15, 0.2) is 0 Å². The molecule has 0 spiro atoms. The molecule has 0 rings (SSSR count). The number of rotatable bonds is 3. The zero-order chi connectivity index (χ0) is 14.9. The Kier molecular flexibility index (Phi) is 50.3. The van der Waals surface area contributed by atoms with Crippen LogP contribution in [0.15, 0.2) is 23.8 Å². The Bertz CT molecular complexity index is 289. The first kappa shape index (κ1) is 30.3. The number of thioether (sulfide) groups is 1. The third kappa shape index (κ3) is 29.5. The van der Waals surface area contributed by atoms with Crippen LogP contribution in [-0.4, -0.2) is 10.9 Å². The van der Waals surface area contributed by atoms with E-state index in [2.05, 4.69) is 26.5 Å². The second kappa shape index (κ2) is 29.9. The van der Waals surface area contributed by atoms with Crippen LogP contribution >= 0.6 is 11.8 Å². The molecular weight excluding hydrogens is 296 g/mol. The van der Waals surface area contributed by atoms with E-state index in [9.17, 15) is 4.79 Å². The largest absolute Gasteiger partial charge is 0 e. The van der Waals surface area contributed by atoms with Crippen LogP contribution in [0.2, 0.25) is 0 Å². The summed E-state index contributed by atoms with van der Waals surface area (Å²) in [5.41, 5.74) is 1.92. The Morgan fingerprint density at radius 2 is 1.50 bits per heavy atom. The van der Waals surface area contributed by atoms with Gasteiger partial charge in [-0.3, -0.25) is 4.79 Å². The SMILES string of the molecule is C=C(C)/C(C)=C\C(=O)SCC.[C-]#[O+].[C-]#[O+].[C-]#[O+].[Fe]. The molecule has 0 aromatic heterocycles. The second-order valence-corrected chi connectivity index (χ2v) is 3.63. The van der Waals surface area contributed by atoms with Crippen LogP contribution in [0.5, 0.6) is 0 Å². The quantitative estimate of drug-likeness (QED) is 0.264. The summed E-state index contributed by atoms with van der Waals surface area (Å²) >= 11 is 1.32. The second-order valence-electron chi connectivity index (χ2n) is 2.36. The van der Waals surface area contributed by atoms with Crippen molar-refractivity contribution >= 4 is 16.9 Å². The maximum atomic E-state index is 11.0. The normalized spacial score (nSPS) is 7.28. The molecule has 0 radical (unpaired) electrons. The van der Waals surface area contributed by atoms with Gasteiger partial charge in [0, 0.05) is 17.1 Å².